The van der Waals surface area contributed by atoms with E-state index in [1.54, 1.807) is 0 Å². The van der Waals surface area contributed by atoms with Crippen LogP contribution in [0.25, 0.3) is 0 Å². The molecule has 4 nitrogen and oxygen atoms in total. The lowest BCUT2D eigenvalue weighted by molar-refractivity contribution is -0.120. The van der Waals surface area contributed by atoms with E-state index >= 15 is 0 Å². The smallest absolute Gasteiger partial charge is 0.350 e. The summed E-state index contributed by atoms with van der Waals surface area (Å²) in [4.78, 5) is 25.0. The first kappa shape index (κ1) is 18.5. The van der Waals surface area contributed by atoms with Gasteiger partial charge in [-0.15, -0.1) is 11.3 Å². The number of ether oxygens (including phenoxy) is 1. The molecule has 130 valence electrons. The molecule has 0 bridgehead atoms. The fourth-order valence-corrected chi connectivity index (χ4v) is 3.62. The second-order valence-electron chi connectivity index (χ2n) is 7.21. The van der Waals surface area contributed by atoms with Gasteiger partial charge in [-0.05, 0) is 46.1 Å². The van der Waals surface area contributed by atoms with Crippen molar-refractivity contribution in [1.82, 2.24) is 0 Å². The van der Waals surface area contributed by atoms with E-state index in [1.165, 1.54) is 18.4 Å². The molecule has 0 radical (unpaired) electrons. The van der Waals surface area contributed by atoms with Crippen molar-refractivity contribution in [2.75, 3.05) is 12.4 Å². The summed E-state index contributed by atoms with van der Waals surface area (Å²) in [7, 11) is 1.39. The number of rotatable bonds is 3. The van der Waals surface area contributed by atoms with Crippen LogP contribution < -0.4 is 5.32 Å². The maximum Gasteiger partial charge on any atom is 0.350 e. The van der Waals surface area contributed by atoms with E-state index in [1.807, 2.05) is 6.92 Å². The molecule has 0 amide bonds. The van der Waals surface area contributed by atoms with E-state index < -0.39 is 0 Å². The third-order valence-corrected chi connectivity index (χ3v) is 5.15. The molecule has 0 aromatic carbocycles. The van der Waals surface area contributed by atoms with Gasteiger partial charge in [-0.3, -0.25) is 4.79 Å². The minimum absolute atomic E-state index is 0.0980. The molecule has 0 aliphatic heterocycles. The summed E-state index contributed by atoms with van der Waals surface area (Å²) < 4.78 is 4.93. The molecule has 1 N–H and O–H groups in total. The van der Waals surface area contributed by atoms with Crippen LogP contribution in [0.2, 0.25) is 0 Å². The first-order valence-corrected chi connectivity index (χ1v) is 9.06. The van der Waals surface area contributed by atoms with Gasteiger partial charge >= 0.3 is 5.97 Å². The number of nitrogens with one attached hydrogen (secondary N) is 1. The number of carbonyl (C=O) groups excluding carboxylic acids is 2. The maximum absolute atomic E-state index is 12.1. The van der Waals surface area contributed by atoms with Crippen molar-refractivity contribution >= 4 is 28.8 Å². The van der Waals surface area contributed by atoms with Crippen molar-refractivity contribution in [1.29, 1.82) is 0 Å². The minimum atomic E-state index is -0.346. The van der Waals surface area contributed by atoms with E-state index in [0.717, 1.165) is 29.0 Å². The Balaban J connectivity index is 2.33. The summed E-state index contributed by atoms with van der Waals surface area (Å²) in [5.41, 5.74) is 1.69. The van der Waals surface area contributed by atoms with E-state index in [-0.39, 0.29) is 17.4 Å². The molecule has 2 rings (SSSR count). The number of thiophene rings is 1. The van der Waals surface area contributed by atoms with Crippen molar-refractivity contribution < 1.29 is 14.3 Å². The van der Waals surface area contributed by atoms with Gasteiger partial charge in [-0.2, -0.15) is 0 Å². The van der Waals surface area contributed by atoms with Crippen molar-refractivity contribution in [3.63, 3.8) is 0 Å². The molecule has 1 aliphatic rings. The Labute approximate surface area is 148 Å². The van der Waals surface area contributed by atoms with Gasteiger partial charge in [-0.25, -0.2) is 4.79 Å². The summed E-state index contributed by atoms with van der Waals surface area (Å²) in [6.07, 6.45) is 2.81. The monoisotopic (exact) mass is 347 g/mol. The van der Waals surface area contributed by atoms with Gasteiger partial charge < -0.3 is 10.1 Å². The van der Waals surface area contributed by atoms with Gasteiger partial charge in [0.15, 0.2) is 0 Å². The predicted molar refractivity (Wildman–Crippen MR) is 97.6 cm³/mol. The highest BCUT2D eigenvalue weighted by Gasteiger charge is 2.25. The predicted octanol–water partition coefficient (Wildman–Crippen LogP) is 4.16. The average molecular weight is 347 g/mol. The zero-order chi connectivity index (χ0) is 17.9. The van der Waals surface area contributed by atoms with Crippen LogP contribution in [0, 0.1) is 24.2 Å². The third kappa shape index (κ3) is 4.61. The third-order valence-electron chi connectivity index (χ3n) is 3.96. The Morgan fingerprint density at radius 3 is 2.46 bits per heavy atom. The summed E-state index contributed by atoms with van der Waals surface area (Å²) in [5, 5.41) is 3.46. The first-order chi connectivity index (χ1) is 11.2. The molecular formula is C19H25NO3S. The van der Waals surface area contributed by atoms with Crippen molar-refractivity contribution in [3.8, 4) is 11.8 Å². The van der Waals surface area contributed by atoms with Crippen LogP contribution in [-0.4, -0.2) is 24.9 Å². The molecule has 1 aromatic heterocycles. The maximum atomic E-state index is 12.1. The number of Topliss-reactive ketones (excluding diaryl/α,β-unsaturated/α-hetero) is 1. The highest BCUT2D eigenvalue weighted by Crippen LogP contribution is 2.35. The Morgan fingerprint density at radius 1 is 1.29 bits per heavy atom. The van der Waals surface area contributed by atoms with Gasteiger partial charge in [0.25, 0.3) is 0 Å². The topological polar surface area (TPSA) is 55.4 Å². The first-order valence-electron chi connectivity index (χ1n) is 8.24. The van der Waals surface area contributed by atoms with Crippen LogP contribution in [0.1, 0.15) is 66.6 Å². The van der Waals surface area contributed by atoms with Crippen LogP contribution in [0.4, 0.5) is 5.69 Å². The molecule has 0 atom stereocenters. The number of methoxy groups -OCH3 is 1. The van der Waals surface area contributed by atoms with Gasteiger partial charge in [0.2, 0.25) is 0 Å². The zero-order valence-electron chi connectivity index (χ0n) is 15.0. The Kier molecular flexibility index (Phi) is 5.71. The highest BCUT2D eigenvalue weighted by molar-refractivity contribution is 7.15. The van der Waals surface area contributed by atoms with Gasteiger partial charge in [0, 0.05) is 24.3 Å². The van der Waals surface area contributed by atoms with E-state index in [9.17, 15) is 9.59 Å². The fourth-order valence-electron chi connectivity index (χ4n) is 2.58. The number of hydrogen-bond acceptors (Lipinski definition) is 5. The molecule has 0 unspecified atom stereocenters. The second-order valence-corrected chi connectivity index (χ2v) is 8.23. The van der Waals surface area contributed by atoms with E-state index in [0.29, 0.717) is 23.5 Å². The van der Waals surface area contributed by atoms with Crippen LogP contribution in [0.15, 0.2) is 0 Å². The second kappa shape index (κ2) is 7.40. The largest absolute Gasteiger partial charge is 0.465 e. The lowest BCUT2D eigenvalue weighted by Crippen LogP contribution is -2.26. The Bertz CT molecular complexity index is 691. The van der Waals surface area contributed by atoms with E-state index in [2.05, 4.69) is 37.9 Å². The molecular weight excluding hydrogens is 322 g/mol. The SMILES string of the molecule is COC(=O)c1sc(C#CC(C)(C)C)c(C)c1NC1CCC(=O)CC1. The molecule has 1 aliphatic carbocycles. The van der Waals surface area contributed by atoms with Crippen LogP contribution in [0.5, 0.6) is 0 Å². The summed E-state index contributed by atoms with van der Waals surface area (Å²) in [6, 6.07) is 0.211. The van der Waals surface area contributed by atoms with E-state index in [4.69, 9.17) is 4.74 Å². The quantitative estimate of drug-likeness (QED) is 0.659. The molecule has 0 saturated heterocycles. The zero-order valence-corrected chi connectivity index (χ0v) is 15.9. The van der Waals surface area contributed by atoms with Crippen molar-refractivity contribution in [2.24, 2.45) is 5.41 Å². The summed E-state index contributed by atoms with van der Waals surface area (Å²) >= 11 is 1.37. The van der Waals surface area contributed by atoms with Gasteiger partial charge in [-0.1, -0.05) is 11.8 Å². The molecule has 1 saturated carbocycles. The number of hydrogen-bond donors (Lipinski definition) is 1. The number of carbonyl (C=O) groups is 2. The van der Waals surface area contributed by atoms with Crippen LogP contribution in [0.3, 0.4) is 0 Å². The standard InChI is InChI=1S/C19H25NO3S/c1-12-15(10-11-19(2,3)4)24-17(18(22)23-5)16(12)20-13-6-8-14(21)9-7-13/h13,20H,6-9H2,1-5H3. The molecule has 1 fully saturated rings. The molecule has 24 heavy (non-hydrogen) atoms. The minimum Gasteiger partial charge on any atom is -0.465 e. The number of anilines is 1. The molecule has 1 aromatic rings. The van der Waals surface area contributed by atoms with Gasteiger partial charge in [0.05, 0.1) is 17.7 Å². The Morgan fingerprint density at radius 2 is 1.92 bits per heavy atom. The molecule has 0 spiro atoms. The normalized spacial score (nSPS) is 15.6. The lowest BCUT2D eigenvalue weighted by atomic mass is 9.94. The number of esters is 1. The average Bonchev–Trinajstić information content (AvgIpc) is 2.83. The molecule has 5 heteroatoms. The van der Waals surface area contributed by atoms with Crippen molar-refractivity contribution in [2.45, 2.75) is 59.4 Å². The summed E-state index contributed by atoms with van der Waals surface area (Å²) in [5.74, 6) is 6.40. The summed E-state index contributed by atoms with van der Waals surface area (Å²) in [6.45, 7) is 8.15. The Hall–Kier alpha value is -1.80. The number of ketones is 1. The fraction of sp³-hybridized carbons (Fsp3) is 0.579. The van der Waals surface area contributed by atoms with Crippen molar-refractivity contribution in [3.05, 3.63) is 15.3 Å². The van der Waals surface area contributed by atoms with Crippen LogP contribution >= 0.6 is 11.3 Å². The highest BCUT2D eigenvalue weighted by atomic mass is 32.1. The lowest BCUT2D eigenvalue weighted by Gasteiger charge is -2.23. The molecule has 1 heterocycles. The van der Waals surface area contributed by atoms with Crippen LogP contribution in [-0.2, 0) is 9.53 Å². The van der Waals surface area contributed by atoms with Gasteiger partial charge in [0.1, 0.15) is 10.7 Å².